The Morgan fingerprint density at radius 3 is 2.72 bits per heavy atom. The fourth-order valence-electron chi connectivity index (χ4n) is 3.02. The first-order valence-corrected chi connectivity index (χ1v) is 6.58. The van der Waals surface area contributed by atoms with Crippen LogP contribution in [0.2, 0.25) is 0 Å². The zero-order chi connectivity index (χ0) is 12.7. The van der Waals surface area contributed by atoms with E-state index in [9.17, 15) is 5.11 Å². The molecule has 1 heterocycles. The molecule has 1 aliphatic carbocycles. The van der Waals surface area contributed by atoms with Gasteiger partial charge in [-0.2, -0.15) is 0 Å². The second-order valence-corrected chi connectivity index (χ2v) is 5.24. The molecule has 96 valence electrons. The van der Waals surface area contributed by atoms with Crippen molar-refractivity contribution in [1.82, 2.24) is 9.55 Å². The SMILES string of the molecule is Cc1cccc2nc(N)n([C@H]3CC[C@H](O)CC3)c12. The molecule has 1 aliphatic rings. The van der Waals surface area contributed by atoms with Gasteiger partial charge in [0.2, 0.25) is 5.95 Å². The minimum Gasteiger partial charge on any atom is -0.393 e. The van der Waals surface area contributed by atoms with Gasteiger partial charge in [-0.3, -0.25) is 0 Å². The standard InChI is InChI=1S/C14H19N3O/c1-9-3-2-4-12-13(9)17(14(15)16-12)10-5-7-11(18)8-6-10/h2-4,10-11,18H,5-8H2,1H3,(H2,15,16)/t10-,11-. The van der Waals surface area contributed by atoms with E-state index in [1.54, 1.807) is 0 Å². The summed E-state index contributed by atoms with van der Waals surface area (Å²) in [5, 5.41) is 9.61. The van der Waals surface area contributed by atoms with Crippen molar-refractivity contribution in [3.63, 3.8) is 0 Å². The van der Waals surface area contributed by atoms with Crippen LogP contribution in [0.15, 0.2) is 18.2 Å². The first kappa shape index (κ1) is 11.5. The number of imidazole rings is 1. The summed E-state index contributed by atoms with van der Waals surface area (Å²) < 4.78 is 2.16. The highest BCUT2D eigenvalue weighted by Gasteiger charge is 2.24. The van der Waals surface area contributed by atoms with Gasteiger partial charge in [-0.15, -0.1) is 0 Å². The number of anilines is 1. The summed E-state index contributed by atoms with van der Waals surface area (Å²) in [5.74, 6) is 0.598. The highest BCUT2D eigenvalue weighted by atomic mass is 16.3. The molecule has 0 amide bonds. The highest BCUT2D eigenvalue weighted by Crippen LogP contribution is 2.34. The number of benzene rings is 1. The molecular formula is C14H19N3O. The molecule has 3 N–H and O–H groups in total. The van der Waals surface area contributed by atoms with Crippen molar-refractivity contribution in [2.75, 3.05) is 5.73 Å². The molecule has 0 unspecified atom stereocenters. The Labute approximate surface area is 106 Å². The number of hydrogen-bond acceptors (Lipinski definition) is 3. The summed E-state index contributed by atoms with van der Waals surface area (Å²) in [7, 11) is 0. The number of fused-ring (bicyclic) bond motifs is 1. The largest absolute Gasteiger partial charge is 0.393 e. The van der Waals surface area contributed by atoms with E-state index in [1.807, 2.05) is 12.1 Å². The Hall–Kier alpha value is -1.55. The van der Waals surface area contributed by atoms with E-state index in [1.165, 1.54) is 5.56 Å². The van der Waals surface area contributed by atoms with Crippen LogP contribution in [0, 0.1) is 6.92 Å². The molecule has 18 heavy (non-hydrogen) atoms. The number of aryl methyl sites for hydroxylation is 1. The molecule has 0 saturated heterocycles. The summed E-state index contributed by atoms with van der Waals surface area (Å²) in [6.07, 6.45) is 3.53. The van der Waals surface area contributed by atoms with Crippen molar-refractivity contribution in [2.24, 2.45) is 0 Å². The van der Waals surface area contributed by atoms with Gasteiger partial charge in [-0.05, 0) is 44.2 Å². The minimum atomic E-state index is -0.140. The first-order chi connectivity index (χ1) is 8.66. The molecule has 0 radical (unpaired) electrons. The third-order valence-corrected chi connectivity index (χ3v) is 3.97. The number of nitrogens with two attached hydrogens (primary N) is 1. The Morgan fingerprint density at radius 1 is 1.28 bits per heavy atom. The molecule has 0 aliphatic heterocycles. The van der Waals surface area contributed by atoms with Gasteiger partial charge in [-0.25, -0.2) is 4.98 Å². The van der Waals surface area contributed by atoms with E-state index < -0.39 is 0 Å². The van der Waals surface area contributed by atoms with Gasteiger partial charge in [-0.1, -0.05) is 12.1 Å². The average molecular weight is 245 g/mol. The summed E-state index contributed by atoms with van der Waals surface area (Å²) in [4.78, 5) is 4.45. The maximum Gasteiger partial charge on any atom is 0.201 e. The van der Waals surface area contributed by atoms with Crippen molar-refractivity contribution < 1.29 is 5.11 Å². The lowest BCUT2D eigenvalue weighted by Gasteiger charge is -2.27. The van der Waals surface area contributed by atoms with Gasteiger partial charge in [0.1, 0.15) is 0 Å². The third kappa shape index (κ3) is 1.77. The molecule has 0 bridgehead atoms. The normalized spacial score (nSPS) is 24.6. The van der Waals surface area contributed by atoms with Gasteiger partial charge in [0.25, 0.3) is 0 Å². The summed E-state index contributed by atoms with van der Waals surface area (Å²) in [6, 6.07) is 6.49. The molecule has 4 nitrogen and oxygen atoms in total. The predicted octanol–water partition coefficient (Wildman–Crippen LogP) is 2.40. The lowest BCUT2D eigenvalue weighted by Crippen LogP contribution is -2.22. The second kappa shape index (κ2) is 4.28. The van der Waals surface area contributed by atoms with Crippen LogP contribution in [0.4, 0.5) is 5.95 Å². The number of nitrogens with zero attached hydrogens (tertiary/aromatic N) is 2. The number of para-hydroxylation sites is 1. The van der Waals surface area contributed by atoms with E-state index in [4.69, 9.17) is 5.73 Å². The maximum absolute atomic E-state index is 9.61. The quantitative estimate of drug-likeness (QED) is 0.811. The summed E-state index contributed by atoms with van der Waals surface area (Å²) in [5.41, 5.74) is 9.41. The monoisotopic (exact) mass is 245 g/mol. The van der Waals surface area contributed by atoms with E-state index in [-0.39, 0.29) is 6.10 Å². The van der Waals surface area contributed by atoms with Crippen molar-refractivity contribution >= 4 is 17.0 Å². The van der Waals surface area contributed by atoms with Gasteiger partial charge in [0.05, 0.1) is 17.1 Å². The highest BCUT2D eigenvalue weighted by molar-refractivity contribution is 5.81. The fraction of sp³-hybridized carbons (Fsp3) is 0.500. The molecule has 1 aromatic carbocycles. The van der Waals surface area contributed by atoms with Crippen LogP contribution in [-0.2, 0) is 0 Å². The smallest absolute Gasteiger partial charge is 0.201 e. The van der Waals surface area contributed by atoms with Crippen LogP contribution >= 0.6 is 0 Å². The second-order valence-electron chi connectivity index (χ2n) is 5.24. The van der Waals surface area contributed by atoms with Crippen molar-refractivity contribution in [1.29, 1.82) is 0 Å². The molecule has 0 atom stereocenters. The van der Waals surface area contributed by atoms with Crippen LogP contribution in [0.25, 0.3) is 11.0 Å². The molecule has 1 aromatic heterocycles. The van der Waals surface area contributed by atoms with Crippen molar-refractivity contribution in [3.05, 3.63) is 23.8 Å². The predicted molar refractivity (Wildman–Crippen MR) is 72.4 cm³/mol. The molecule has 3 rings (SSSR count). The fourth-order valence-corrected chi connectivity index (χ4v) is 3.02. The Morgan fingerprint density at radius 2 is 2.00 bits per heavy atom. The zero-order valence-corrected chi connectivity index (χ0v) is 10.6. The first-order valence-electron chi connectivity index (χ1n) is 6.58. The lowest BCUT2D eigenvalue weighted by atomic mass is 9.92. The van der Waals surface area contributed by atoms with Crippen LogP contribution < -0.4 is 5.73 Å². The van der Waals surface area contributed by atoms with E-state index in [0.717, 1.165) is 36.7 Å². The summed E-state index contributed by atoms with van der Waals surface area (Å²) >= 11 is 0. The van der Waals surface area contributed by atoms with Gasteiger partial charge >= 0.3 is 0 Å². The molecule has 2 aromatic rings. The van der Waals surface area contributed by atoms with Gasteiger partial charge in [0.15, 0.2) is 0 Å². The zero-order valence-electron chi connectivity index (χ0n) is 10.6. The molecule has 1 saturated carbocycles. The van der Waals surface area contributed by atoms with E-state index >= 15 is 0 Å². The number of rotatable bonds is 1. The number of nitrogen functional groups attached to an aromatic ring is 1. The molecule has 1 fully saturated rings. The van der Waals surface area contributed by atoms with Gasteiger partial charge in [0, 0.05) is 6.04 Å². The maximum atomic E-state index is 9.61. The van der Waals surface area contributed by atoms with E-state index in [2.05, 4.69) is 22.5 Å². The average Bonchev–Trinajstić information content (AvgIpc) is 2.68. The van der Waals surface area contributed by atoms with Gasteiger partial charge < -0.3 is 15.4 Å². The molecular weight excluding hydrogens is 226 g/mol. The topological polar surface area (TPSA) is 64.1 Å². The minimum absolute atomic E-state index is 0.140. The number of aromatic nitrogens is 2. The number of aliphatic hydroxyl groups excluding tert-OH is 1. The Balaban J connectivity index is 2.08. The lowest BCUT2D eigenvalue weighted by molar-refractivity contribution is 0.112. The Kier molecular flexibility index (Phi) is 2.74. The van der Waals surface area contributed by atoms with E-state index in [0.29, 0.717) is 12.0 Å². The molecule has 4 heteroatoms. The van der Waals surface area contributed by atoms with Crippen molar-refractivity contribution in [3.8, 4) is 0 Å². The van der Waals surface area contributed by atoms with Crippen LogP contribution in [-0.4, -0.2) is 20.8 Å². The van der Waals surface area contributed by atoms with Crippen LogP contribution in [0.1, 0.15) is 37.3 Å². The van der Waals surface area contributed by atoms with Crippen LogP contribution in [0.5, 0.6) is 0 Å². The number of hydrogen-bond donors (Lipinski definition) is 2. The molecule has 0 spiro atoms. The number of aliphatic hydroxyl groups is 1. The third-order valence-electron chi connectivity index (χ3n) is 3.97. The summed E-state index contributed by atoms with van der Waals surface area (Å²) in [6.45, 7) is 2.09. The Bertz CT molecular complexity index is 568. The van der Waals surface area contributed by atoms with Crippen LogP contribution in [0.3, 0.4) is 0 Å². The van der Waals surface area contributed by atoms with Crippen molar-refractivity contribution in [2.45, 2.75) is 44.8 Å².